The number of benzene rings is 1. The highest BCUT2D eigenvalue weighted by atomic mass is 35.5. The average Bonchev–Trinajstić information content (AvgIpc) is 3.25. The summed E-state index contributed by atoms with van der Waals surface area (Å²) in [7, 11) is 0. The summed E-state index contributed by atoms with van der Waals surface area (Å²) in [6, 6.07) is 6.55. The minimum atomic E-state index is 0.164. The molecule has 2 nitrogen and oxygen atoms in total. The van der Waals surface area contributed by atoms with E-state index in [1.54, 1.807) is 0 Å². The van der Waals surface area contributed by atoms with Crippen molar-refractivity contribution in [3.8, 4) is 0 Å². The molecule has 0 aromatic heterocycles. The fraction of sp³-hybridized carbons (Fsp3) is 0.700. The minimum absolute atomic E-state index is 0.164. The molecule has 0 N–H and O–H groups in total. The molecule has 3 aliphatic rings. The summed E-state index contributed by atoms with van der Waals surface area (Å²) in [6.07, 6.45) is 5.47. The normalized spacial score (nSPS) is 24.3. The van der Waals surface area contributed by atoms with Crippen molar-refractivity contribution in [2.45, 2.75) is 57.4 Å². The summed E-state index contributed by atoms with van der Waals surface area (Å²) in [5, 5.41) is 0.888. The van der Waals surface area contributed by atoms with Gasteiger partial charge in [-0.3, -0.25) is 0 Å². The van der Waals surface area contributed by atoms with E-state index < -0.39 is 0 Å². The number of likely N-dealkylation sites (tertiary alicyclic amines) is 1. The predicted octanol–water partition coefficient (Wildman–Crippen LogP) is 4.70. The van der Waals surface area contributed by atoms with Crippen molar-refractivity contribution in [2.24, 2.45) is 5.92 Å². The van der Waals surface area contributed by atoms with Gasteiger partial charge in [0.1, 0.15) is 0 Å². The molecular weight excluding hydrogens is 304 g/mol. The Kier molecular flexibility index (Phi) is 3.70. The van der Waals surface area contributed by atoms with Crippen LogP contribution in [0.3, 0.4) is 0 Å². The first kappa shape index (κ1) is 15.8. The monoisotopic (exact) mass is 332 g/mol. The number of hydrogen-bond acceptors (Lipinski definition) is 2. The molecule has 1 saturated heterocycles. The quantitative estimate of drug-likeness (QED) is 0.774. The molecule has 1 aromatic rings. The van der Waals surface area contributed by atoms with Crippen LogP contribution in [0.25, 0.3) is 0 Å². The van der Waals surface area contributed by atoms with Gasteiger partial charge in [0, 0.05) is 34.8 Å². The maximum absolute atomic E-state index is 6.36. The first-order valence-electron chi connectivity index (χ1n) is 9.17. The highest BCUT2D eigenvalue weighted by Crippen LogP contribution is 2.50. The Morgan fingerprint density at radius 1 is 1.17 bits per heavy atom. The van der Waals surface area contributed by atoms with Crippen LogP contribution in [-0.2, 0) is 5.41 Å². The number of fused-ring (bicyclic) bond motifs is 2. The summed E-state index contributed by atoms with van der Waals surface area (Å²) >= 11 is 6.36. The molecule has 0 bridgehead atoms. The van der Waals surface area contributed by atoms with E-state index in [1.807, 2.05) is 0 Å². The Morgan fingerprint density at radius 2 is 1.87 bits per heavy atom. The summed E-state index contributed by atoms with van der Waals surface area (Å²) < 4.78 is 0. The zero-order chi connectivity index (χ0) is 16.2. The largest absolute Gasteiger partial charge is 0.366 e. The fourth-order valence-electron chi connectivity index (χ4n) is 4.50. The Bertz CT molecular complexity index is 592. The van der Waals surface area contributed by atoms with Crippen LogP contribution >= 0.6 is 11.6 Å². The minimum Gasteiger partial charge on any atom is -0.366 e. The van der Waals surface area contributed by atoms with Crippen LogP contribution in [0, 0.1) is 5.92 Å². The number of hydrogen-bond donors (Lipinski definition) is 0. The Hall–Kier alpha value is -0.730. The molecule has 2 fully saturated rings. The van der Waals surface area contributed by atoms with Gasteiger partial charge < -0.3 is 9.80 Å². The zero-order valence-corrected chi connectivity index (χ0v) is 15.5. The van der Waals surface area contributed by atoms with Crippen LogP contribution in [0.1, 0.15) is 52.0 Å². The summed E-state index contributed by atoms with van der Waals surface area (Å²) in [6.45, 7) is 12.0. The molecule has 1 aromatic carbocycles. The van der Waals surface area contributed by atoms with Crippen molar-refractivity contribution in [1.82, 2.24) is 4.90 Å². The van der Waals surface area contributed by atoms with Crippen LogP contribution in [0.15, 0.2) is 18.2 Å². The maximum atomic E-state index is 6.36. The number of nitrogens with zero attached hydrogens (tertiary/aromatic N) is 2. The Morgan fingerprint density at radius 3 is 2.48 bits per heavy atom. The lowest BCUT2D eigenvalue weighted by molar-refractivity contribution is 0.159. The van der Waals surface area contributed by atoms with Gasteiger partial charge in [-0.25, -0.2) is 0 Å². The SMILES string of the molecule is CC(C)(C)N1CC2(CCN(CC3CC3)CC2)c2cc(Cl)ccc21. The summed E-state index contributed by atoms with van der Waals surface area (Å²) in [5.41, 5.74) is 3.40. The van der Waals surface area contributed by atoms with Gasteiger partial charge in [0.25, 0.3) is 0 Å². The standard InChI is InChI=1S/C20H29ClN2/c1-19(2,3)23-14-20(17-12-16(21)6-7-18(17)23)8-10-22(11-9-20)13-15-4-5-15/h6-7,12,15H,4-5,8-11,13-14H2,1-3H3. The third-order valence-electron chi connectivity index (χ3n) is 6.12. The molecule has 0 atom stereocenters. The average molecular weight is 333 g/mol. The van der Waals surface area contributed by atoms with Gasteiger partial charge in [-0.2, -0.15) is 0 Å². The van der Waals surface area contributed by atoms with Crippen molar-refractivity contribution in [3.63, 3.8) is 0 Å². The highest BCUT2D eigenvalue weighted by Gasteiger charge is 2.47. The Labute approximate surface area is 145 Å². The Balaban J connectivity index is 1.61. The van der Waals surface area contributed by atoms with Gasteiger partial charge in [0.15, 0.2) is 0 Å². The van der Waals surface area contributed by atoms with Crippen molar-refractivity contribution in [3.05, 3.63) is 28.8 Å². The second kappa shape index (κ2) is 5.39. The van der Waals surface area contributed by atoms with Crippen molar-refractivity contribution in [2.75, 3.05) is 31.1 Å². The number of anilines is 1. The number of rotatable bonds is 2. The van der Waals surface area contributed by atoms with Crippen molar-refractivity contribution >= 4 is 17.3 Å². The molecule has 4 rings (SSSR count). The van der Waals surface area contributed by atoms with E-state index in [0.717, 1.165) is 17.5 Å². The van der Waals surface area contributed by atoms with E-state index in [4.69, 9.17) is 11.6 Å². The predicted molar refractivity (Wildman–Crippen MR) is 98.6 cm³/mol. The van der Waals surface area contributed by atoms with E-state index in [1.165, 1.54) is 56.6 Å². The van der Waals surface area contributed by atoms with E-state index >= 15 is 0 Å². The van der Waals surface area contributed by atoms with E-state index in [0.29, 0.717) is 5.41 Å². The number of halogens is 1. The van der Waals surface area contributed by atoms with Crippen LogP contribution in [0.2, 0.25) is 5.02 Å². The maximum Gasteiger partial charge on any atom is 0.0410 e. The van der Waals surface area contributed by atoms with E-state index in [2.05, 4.69) is 48.8 Å². The smallest absolute Gasteiger partial charge is 0.0410 e. The van der Waals surface area contributed by atoms with E-state index in [-0.39, 0.29) is 5.54 Å². The molecule has 1 saturated carbocycles. The van der Waals surface area contributed by atoms with Gasteiger partial charge in [-0.15, -0.1) is 0 Å². The van der Waals surface area contributed by atoms with Gasteiger partial charge >= 0.3 is 0 Å². The molecule has 0 radical (unpaired) electrons. The molecule has 2 heterocycles. The van der Waals surface area contributed by atoms with Gasteiger partial charge in [0.05, 0.1) is 0 Å². The van der Waals surface area contributed by atoms with Crippen molar-refractivity contribution < 1.29 is 0 Å². The van der Waals surface area contributed by atoms with Gasteiger partial charge in [-0.05, 0) is 89.2 Å². The third kappa shape index (κ3) is 2.89. The lowest BCUT2D eigenvalue weighted by Crippen LogP contribution is -2.49. The summed E-state index contributed by atoms with van der Waals surface area (Å²) in [4.78, 5) is 5.31. The molecule has 0 unspecified atom stereocenters. The molecule has 1 aliphatic carbocycles. The zero-order valence-electron chi connectivity index (χ0n) is 14.7. The molecule has 0 amide bonds. The lowest BCUT2D eigenvalue weighted by atomic mass is 9.74. The van der Waals surface area contributed by atoms with Crippen LogP contribution in [0.5, 0.6) is 0 Å². The van der Waals surface area contributed by atoms with Crippen molar-refractivity contribution in [1.29, 1.82) is 0 Å². The van der Waals surface area contributed by atoms with E-state index in [9.17, 15) is 0 Å². The topological polar surface area (TPSA) is 6.48 Å². The van der Waals surface area contributed by atoms with Crippen LogP contribution in [0.4, 0.5) is 5.69 Å². The summed E-state index contributed by atoms with van der Waals surface area (Å²) in [5.74, 6) is 1.00. The first-order valence-corrected chi connectivity index (χ1v) is 9.55. The lowest BCUT2D eigenvalue weighted by Gasteiger charge is -2.42. The molecule has 2 aliphatic heterocycles. The molecular formula is C20H29ClN2. The van der Waals surface area contributed by atoms with Gasteiger partial charge in [0.2, 0.25) is 0 Å². The second-order valence-corrected chi connectivity index (χ2v) is 9.38. The number of piperidine rings is 1. The molecule has 1 spiro atoms. The molecule has 126 valence electrons. The molecule has 23 heavy (non-hydrogen) atoms. The fourth-order valence-corrected chi connectivity index (χ4v) is 4.67. The van der Waals surface area contributed by atoms with Gasteiger partial charge in [-0.1, -0.05) is 11.6 Å². The van der Waals surface area contributed by atoms with Crippen LogP contribution in [-0.4, -0.2) is 36.6 Å². The van der Waals surface area contributed by atoms with Crippen LogP contribution < -0.4 is 4.90 Å². The highest BCUT2D eigenvalue weighted by molar-refractivity contribution is 6.30. The first-order chi connectivity index (χ1) is 10.9. The third-order valence-corrected chi connectivity index (χ3v) is 6.35. The molecule has 3 heteroatoms. The second-order valence-electron chi connectivity index (χ2n) is 8.94.